The first kappa shape index (κ1) is 16.8. The van der Waals surface area contributed by atoms with Gasteiger partial charge in [-0.2, -0.15) is 5.10 Å². The molecular weight excluding hydrogens is 336 g/mol. The van der Waals surface area contributed by atoms with E-state index in [-0.39, 0.29) is 17.3 Å². The molecule has 26 heavy (non-hydrogen) atoms. The molecule has 0 aliphatic carbocycles. The Bertz CT molecular complexity index is 927. The molecule has 0 radical (unpaired) electrons. The predicted octanol–water partition coefficient (Wildman–Crippen LogP) is 3.34. The Kier molecular flexibility index (Phi) is 5.25. The molecule has 0 atom stereocenters. The van der Waals surface area contributed by atoms with Crippen molar-refractivity contribution < 1.29 is 4.92 Å². The highest BCUT2D eigenvalue weighted by Crippen LogP contribution is 2.15. The van der Waals surface area contributed by atoms with E-state index >= 15 is 0 Å². The molecule has 0 bridgehead atoms. The molecule has 3 aromatic rings. The third kappa shape index (κ3) is 4.47. The summed E-state index contributed by atoms with van der Waals surface area (Å²) in [6, 6.07) is 11.6. The van der Waals surface area contributed by atoms with Crippen molar-refractivity contribution in [1.29, 1.82) is 0 Å². The zero-order valence-electron chi connectivity index (χ0n) is 13.3. The average Bonchev–Trinajstić information content (AvgIpc) is 2.70. The van der Waals surface area contributed by atoms with Crippen molar-refractivity contribution >= 4 is 23.2 Å². The van der Waals surface area contributed by atoms with E-state index in [1.54, 1.807) is 42.9 Å². The summed E-state index contributed by atoms with van der Waals surface area (Å²) < 4.78 is 0. The van der Waals surface area contributed by atoms with Gasteiger partial charge >= 0.3 is 0 Å². The molecule has 0 spiro atoms. The summed E-state index contributed by atoms with van der Waals surface area (Å²) in [5.41, 5.74) is 3.29. The first-order chi connectivity index (χ1) is 12.7. The van der Waals surface area contributed by atoms with Crippen LogP contribution in [-0.2, 0) is 0 Å². The van der Waals surface area contributed by atoms with Gasteiger partial charge in [-0.25, -0.2) is 9.97 Å². The summed E-state index contributed by atoms with van der Waals surface area (Å²) >= 11 is 0. The third-order valence-corrected chi connectivity index (χ3v) is 3.05. The third-order valence-electron chi connectivity index (χ3n) is 3.05. The number of azo groups is 1. The smallest absolute Gasteiger partial charge is 0.264 e. The van der Waals surface area contributed by atoms with E-state index in [1.807, 2.05) is 6.07 Å². The lowest BCUT2D eigenvalue weighted by atomic mass is 10.3. The standard InChI is InChI=1S/C16H12N8O2/c25-24(26)13-6-7-15(19-11-13)21-23-16(12-4-3-8-17-10-12)22-20-14-5-1-2-9-18-14/h1-11H,(H,18,20). The number of nitro groups is 1. The van der Waals surface area contributed by atoms with Crippen molar-refractivity contribution in [2.75, 3.05) is 5.43 Å². The Balaban J connectivity index is 1.84. The summed E-state index contributed by atoms with van der Waals surface area (Å²) in [5, 5.41) is 22.9. The molecule has 128 valence electrons. The molecule has 3 aromatic heterocycles. The number of hydrogen-bond acceptors (Lipinski definition) is 8. The minimum absolute atomic E-state index is 0.123. The van der Waals surface area contributed by atoms with E-state index in [9.17, 15) is 10.1 Å². The van der Waals surface area contributed by atoms with E-state index in [0.717, 1.165) is 6.20 Å². The van der Waals surface area contributed by atoms with E-state index in [4.69, 9.17) is 0 Å². The first-order valence-electron chi connectivity index (χ1n) is 7.40. The van der Waals surface area contributed by atoms with Gasteiger partial charge in [0.2, 0.25) is 5.84 Å². The summed E-state index contributed by atoms with van der Waals surface area (Å²) in [4.78, 5) is 22.1. The second-order valence-corrected chi connectivity index (χ2v) is 4.84. The van der Waals surface area contributed by atoms with Gasteiger partial charge in [0.05, 0.1) is 4.92 Å². The molecule has 0 aliphatic rings. The average molecular weight is 348 g/mol. The van der Waals surface area contributed by atoms with Crippen molar-refractivity contribution in [3.8, 4) is 0 Å². The lowest BCUT2D eigenvalue weighted by molar-refractivity contribution is -0.385. The summed E-state index contributed by atoms with van der Waals surface area (Å²) in [7, 11) is 0. The van der Waals surface area contributed by atoms with Crippen LogP contribution in [0.4, 0.5) is 17.3 Å². The van der Waals surface area contributed by atoms with Crippen LogP contribution in [0.2, 0.25) is 0 Å². The molecule has 0 saturated heterocycles. The summed E-state index contributed by atoms with van der Waals surface area (Å²) in [6.45, 7) is 0. The molecule has 3 heterocycles. The Labute approximate surface area is 147 Å². The number of hydrogen-bond donors (Lipinski definition) is 1. The molecule has 0 aromatic carbocycles. The minimum atomic E-state index is -0.534. The molecular formula is C16H12N8O2. The van der Waals surface area contributed by atoms with Gasteiger partial charge in [-0.15, -0.1) is 10.2 Å². The zero-order valence-corrected chi connectivity index (χ0v) is 13.3. The minimum Gasteiger partial charge on any atom is -0.264 e. The number of aromatic nitrogens is 3. The SMILES string of the molecule is O=[N+]([O-])c1ccc(N=NC(=NNc2ccccn2)c2cccnc2)nc1. The highest BCUT2D eigenvalue weighted by molar-refractivity contribution is 5.99. The monoisotopic (exact) mass is 348 g/mol. The van der Waals surface area contributed by atoms with Gasteiger partial charge in [0.15, 0.2) is 5.82 Å². The first-order valence-corrected chi connectivity index (χ1v) is 7.40. The van der Waals surface area contributed by atoms with Crippen molar-refractivity contribution in [1.82, 2.24) is 15.0 Å². The van der Waals surface area contributed by atoms with Gasteiger partial charge in [-0.3, -0.25) is 20.5 Å². The van der Waals surface area contributed by atoms with Crippen molar-refractivity contribution in [2.45, 2.75) is 0 Å². The predicted molar refractivity (Wildman–Crippen MR) is 94.0 cm³/mol. The lowest BCUT2D eigenvalue weighted by Gasteiger charge is -2.02. The number of amidine groups is 1. The maximum Gasteiger partial charge on any atom is 0.287 e. The Morgan fingerprint density at radius 3 is 2.62 bits per heavy atom. The van der Waals surface area contributed by atoms with Gasteiger partial charge in [-0.05, 0) is 30.3 Å². The van der Waals surface area contributed by atoms with Crippen LogP contribution in [0.3, 0.4) is 0 Å². The molecule has 0 aliphatic heterocycles. The van der Waals surface area contributed by atoms with Crippen LogP contribution in [0.25, 0.3) is 0 Å². The van der Waals surface area contributed by atoms with Gasteiger partial charge in [0, 0.05) is 30.2 Å². The second-order valence-electron chi connectivity index (χ2n) is 4.84. The van der Waals surface area contributed by atoms with Crippen LogP contribution in [0, 0.1) is 10.1 Å². The van der Waals surface area contributed by atoms with Gasteiger partial charge in [-0.1, -0.05) is 6.07 Å². The van der Waals surface area contributed by atoms with Crippen LogP contribution in [0.5, 0.6) is 0 Å². The maximum absolute atomic E-state index is 10.7. The fraction of sp³-hybridized carbons (Fsp3) is 0. The molecule has 0 saturated carbocycles. The highest BCUT2D eigenvalue weighted by atomic mass is 16.6. The fourth-order valence-corrected chi connectivity index (χ4v) is 1.82. The van der Waals surface area contributed by atoms with E-state index < -0.39 is 4.92 Å². The molecule has 0 fully saturated rings. The van der Waals surface area contributed by atoms with E-state index in [1.165, 1.54) is 12.1 Å². The number of nitrogens with zero attached hydrogens (tertiary/aromatic N) is 7. The number of pyridine rings is 3. The molecule has 3 rings (SSSR count). The molecule has 10 nitrogen and oxygen atoms in total. The topological polar surface area (TPSA) is 131 Å². The normalized spacial score (nSPS) is 11.5. The Morgan fingerprint density at radius 1 is 1.04 bits per heavy atom. The van der Waals surface area contributed by atoms with Crippen LogP contribution in [-0.4, -0.2) is 25.7 Å². The summed E-state index contributed by atoms with van der Waals surface area (Å²) in [5.74, 6) is 1.01. The molecule has 10 heteroatoms. The van der Waals surface area contributed by atoms with Gasteiger partial charge in [0.25, 0.3) is 5.69 Å². The van der Waals surface area contributed by atoms with Crippen LogP contribution < -0.4 is 5.43 Å². The van der Waals surface area contributed by atoms with Crippen LogP contribution in [0.1, 0.15) is 5.56 Å². The molecule has 1 N–H and O–H groups in total. The van der Waals surface area contributed by atoms with Gasteiger partial charge < -0.3 is 0 Å². The van der Waals surface area contributed by atoms with E-state index in [0.29, 0.717) is 11.4 Å². The molecule has 0 amide bonds. The van der Waals surface area contributed by atoms with Gasteiger partial charge in [0.1, 0.15) is 12.0 Å². The van der Waals surface area contributed by atoms with Crippen LogP contribution >= 0.6 is 0 Å². The maximum atomic E-state index is 10.7. The number of rotatable bonds is 5. The second kappa shape index (κ2) is 8.15. The number of anilines is 1. The Morgan fingerprint density at radius 2 is 1.96 bits per heavy atom. The summed E-state index contributed by atoms with van der Waals surface area (Å²) in [6.07, 6.45) is 5.95. The van der Waals surface area contributed by atoms with Crippen molar-refractivity contribution in [3.05, 3.63) is 82.9 Å². The van der Waals surface area contributed by atoms with E-state index in [2.05, 4.69) is 35.7 Å². The number of nitrogens with one attached hydrogen (secondary N) is 1. The fourth-order valence-electron chi connectivity index (χ4n) is 1.82. The van der Waals surface area contributed by atoms with Crippen molar-refractivity contribution in [2.24, 2.45) is 15.3 Å². The zero-order chi connectivity index (χ0) is 18.2. The largest absolute Gasteiger partial charge is 0.287 e. The highest BCUT2D eigenvalue weighted by Gasteiger charge is 2.06. The van der Waals surface area contributed by atoms with Crippen LogP contribution in [0.15, 0.2) is 82.6 Å². The van der Waals surface area contributed by atoms with Crippen molar-refractivity contribution in [3.63, 3.8) is 0 Å². The molecule has 0 unspecified atom stereocenters. The lowest BCUT2D eigenvalue weighted by Crippen LogP contribution is -2.02. The number of hydrazone groups is 1. The Hall–Kier alpha value is -4.08. The quantitative estimate of drug-likeness (QED) is 0.247.